The Balaban J connectivity index is 1.81. The second-order valence-electron chi connectivity index (χ2n) is 6.51. The van der Waals surface area contributed by atoms with Gasteiger partial charge in [0, 0.05) is 31.3 Å². The highest BCUT2D eigenvalue weighted by Gasteiger charge is 2.31. The molecule has 8 nitrogen and oxygen atoms in total. The third-order valence-electron chi connectivity index (χ3n) is 4.30. The van der Waals surface area contributed by atoms with Crippen molar-refractivity contribution < 1.29 is 27.5 Å². The van der Waals surface area contributed by atoms with Gasteiger partial charge in [-0.15, -0.1) is 13.2 Å². The van der Waals surface area contributed by atoms with E-state index in [4.69, 9.17) is 5.73 Å². The lowest BCUT2D eigenvalue weighted by atomic mass is 10.1. The molecule has 1 aromatic carbocycles. The molecule has 0 saturated carbocycles. The fraction of sp³-hybridized carbons (Fsp3) is 0.263. The van der Waals surface area contributed by atoms with Crippen molar-refractivity contribution in [2.45, 2.75) is 26.1 Å². The molecule has 2 aromatic heterocycles. The predicted molar refractivity (Wildman–Crippen MR) is 99.8 cm³/mol. The number of amides is 2. The molecule has 2 amide bonds. The Hall–Kier alpha value is -3.63. The van der Waals surface area contributed by atoms with Gasteiger partial charge >= 0.3 is 6.36 Å². The van der Waals surface area contributed by atoms with E-state index in [0.29, 0.717) is 23.3 Å². The largest absolute Gasteiger partial charge is 0.573 e. The lowest BCUT2D eigenvalue weighted by Gasteiger charge is -2.11. The molecule has 0 aliphatic heterocycles. The number of aryl methyl sites for hydroxylation is 1. The Morgan fingerprint density at radius 2 is 2.03 bits per heavy atom. The number of fused-ring (bicyclic) bond motifs is 1. The molecule has 0 aliphatic rings. The summed E-state index contributed by atoms with van der Waals surface area (Å²) in [6.45, 7) is 1.86. The van der Waals surface area contributed by atoms with Crippen LogP contribution in [0.25, 0.3) is 5.65 Å². The molecule has 0 saturated heterocycles. The van der Waals surface area contributed by atoms with Gasteiger partial charge in [-0.3, -0.25) is 9.59 Å². The summed E-state index contributed by atoms with van der Waals surface area (Å²) >= 11 is 0. The van der Waals surface area contributed by atoms with Gasteiger partial charge in [-0.2, -0.15) is 5.10 Å². The molecule has 3 aromatic rings. The first-order valence-electron chi connectivity index (χ1n) is 8.87. The van der Waals surface area contributed by atoms with E-state index in [-0.39, 0.29) is 24.3 Å². The highest BCUT2D eigenvalue weighted by molar-refractivity contribution is 5.99. The number of ether oxygens (including phenoxy) is 1. The lowest BCUT2D eigenvalue weighted by molar-refractivity contribution is -0.274. The summed E-state index contributed by atoms with van der Waals surface area (Å²) in [6, 6.07) is 5.67. The molecule has 0 unspecified atom stereocenters. The van der Waals surface area contributed by atoms with Gasteiger partial charge in [0.05, 0.1) is 6.20 Å². The van der Waals surface area contributed by atoms with Gasteiger partial charge in [-0.25, -0.2) is 9.50 Å². The van der Waals surface area contributed by atoms with Crippen molar-refractivity contribution in [3.63, 3.8) is 0 Å². The first kappa shape index (κ1) is 21.1. The monoisotopic (exact) mass is 421 g/mol. The predicted octanol–water partition coefficient (Wildman–Crippen LogP) is 2.13. The summed E-state index contributed by atoms with van der Waals surface area (Å²) < 4.78 is 42.7. The standard InChI is InChI=1S/C19H18F3N5O3/c1-11-13(7-12-3-2-4-14(8-12)30-19(20,21)22)9-25-17-15(10-26-27(11)17)18(29)24-6-5-16(23)28/h2-4,8-10H,5-7H2,1H3,(H2,23,28)(H,24,29). The number of hydrogen-bond donors (Lipinski definition) is 2. The number of halogens is 3. The summed E-state index contributed by atoms with van der Waals surface area (Å²) in [5.74, 6) is -1.28. The number of carbonyl (C=O) groups is 2. The summed E-state index contributed by atoms with van der Waals surface area (Å²) in [5, 5.41) is 6.75. The average Bonchev–Trinajstić information content (AvgIpc) is 3.07. The number of primary amides is 1. The van der Waals surface area contributed by atoms with E-state index in [1.54, 1.807) is 19.2 Å². The zero-order valence-electron chi connectivity index (χ0n) is 15.9. The maximum Gasteiger partial charge on any atom is 0.573 e. The number of nitrogens with one attached hydrogen (secondary N) is 1. The summed E-state index contributed by atoms with van der Waals surface area (Å²) in [4.78, 5) is 27.3. The molecule has 0 aliphatic carbocycles. The number of benzene rings is 1. The third-order valence-corrected chi connectivity index (χ3v) is 4.30. The molecule has 158 valence electrons. The Bertz CT molecular complexity index is 1090. The molecule has 30 heavy (non-hydrogen) atoms. The van der Waals surface area contributed by atoms with Crippen molar-refractivity contribution in [3.8, 4) is 5.75 Å². The topological polar surface area (TPSA) is 112 Å². The molecule has 0 fully saturated rings. The molecule has 2 heterocycles. The van der Waals surface area contributed by atoms with Crippen LogP contribution in [0.5, 0.6) is 5.75 Å². The molecule has 11 heteroatoms. The van der Waals surface area contributed by atoms with Gasteiger partial charge in [0.15, 0.2) is 5.65 Å². The number of hydrogen-bond acceptors (Lipinski definition) is 5. The van der Waals surface area contributed by atoms with E-state index in [1.807, 2.05) is 0 Å². The SMILES string of the molecule is Cc1c(Cc2cccc(OC(F)(F)F)c2)cnc2c(C(=O)NCCC(N)=O)cnn12. The van der Waals surface area contributed by atoms with Gasteiger partial charge in [0.2, 0.25) is 5.91 Å². The fourth-order valence-corrected chi connectivity index (χ4v) is 2.88. The highest BCUT2D eigenvalue weighted by atomic mass is 19.4. The van der Waals surface area contributed by atoms with Crippen LogP contribution in [0.4, 0.5) is 13.2 Å². The maximum atomic E-state index is 12.4. The van der Waals surface area contributed by atoms with Crippen molar-refractivity contribution in [1.29, 1.82) is 0 Å². The second-order valence-corrected chi connectivity index (χ2v) is 6.51. The minimum Gasteiger partial charge on any atom is -0.406 e. The summed E-state index contributed by atoms with van der Waals surface area (Å²) in [6.07, 6.45) is -1.55. The number of rotatable bonds is 7. The van der Waals surface area contributed by atoms with E-state index in [1.165, 1.54) is 28.9 Å². The zero-order valence-corrected chi connectivity index (χ0v) is 15.9. The van der Waals surface area contributed by atoms with Crippen molar-refractivity contribution in [1.82, 2.24) is 19.9 Å². The Morgan fingerprint density at radius 1 is 1.27 bits per heavy atom. The van der Waals surface area contributed by atoms with Gasteiger partial charge in [-0.05, 0) is 30.2 Å². The normalized spacial score (nSPS) is 11.5. The van der Waals surface area contributed by atoms with Gasteiger partial charge in [-0.1, -0.05) is 12.1 Å². The Labute approximate surface area is 168 Å². The van der Waals surface area contributed by atoms with Crippen LogP contribution >= 0.6 is 0 Å². The molecule has 0 spiro atoms. The van der Waals surface area contributed by atoms with Crippen LogP contribution < -0.4 is 15.8 Å². The number of aromatic nitrogens is 3. The van der Waals surface area contributed by atoms with Crippen LogP contribution in [0.15, 0.2) is 36.7 Å². The van der Waals surface area contributed by atoms with Crippen LogP contribution in [-0.2, 0) is 11.2 Å². The minimum atomic E-state index is -4.77. The van der Waals surface area contributed by atoms with E-state index in [2.05, 4.69) is 20.1 Å². The van der Waals surface area contributed by atoms with Crippen LogP contribution in [-0.4, -0.2) is 39.3 Å². The highest BCUT2D eigenvalue weighted by Crippen LogP contribution is 2.25. The average molecular weight is 421 g/mol. The number of nitrogens with zero attached hydrogens (tertiary/aromatic N) is 3. The molecule has 0 bridgehead atoms. The van der Waals surface area contributed by atoms with Crippen molar-refractivity contribution in [3.05, 3.63) is 59.0 Å². The lowest BCUT2D eigenvalue weighted by Crippen LogP contribution is -2.27. The first-order chi connectivity index (χ1) is 14.1. The molecule has 3 rings (SSSR count). The minimum absolute atomic E-state index is 0.0126. The second kappa shape index (κ2) is 8.39. The zero-order chi connectivity index (χ0) is 21.9. The summed E-state index contributed by atoms with van der Waals surface area (Å²) in [7, 11) is 0. The molecule has 0 atom stereocenters. The maximum absolute atomic E-state index is 12.4. The van der Waals surface area contributed by atoms with Crippen LogP contribution in [0.2, 0.25) is 0 Å². The van der Waals surface area contributed by atoms with Crippen molar-refractivity contribution in [2.24, 2.45) is 5.73 Å². The molecule has 3 N–H and O–H groups in total. The van der Waals surface area contributed by atoms with E-state index in [9.17, 15) is 22.8 Å². The number of alkyl halides is 3. The van der Waals surface area contributed by atoms with Crippen LogP contribution in [0.3, 0.4) is 0 Å². The quantitative estimate of drug-likeness (QED) is 0.607. The molecular formula is C19H18F3N5O3. The summed E-state index contributed by atoms with van der Waals surface area (Å²) in [5.41, 5.74) is 7.59. The Morgan fingerprint density at radius 3 is 2.73 bits per heavy atom. The van der Waals surface area contributed by atoms with Crippen molar-refractivity contribution in [2.75, 3.05) is 6.54 Å². The molecular weight excluding hydrogens is 403 g/mol. The van der Waals surface area contributed by atoms with Crippen LogP contribution in [0, 0.1) is 6.92 Å². The number of carbonyl (C=O) groups excluding carboxylic acids is 2. The number of nitrogens with two attached hydrogens (primary N) is 1. The Kier molecular flexibility index (Phi) is 5.90. The van der Waals surface area contributed by atoms with Gasteiger partial charge < -0.3 is 15.8 Å². The molecule has 0 radical (unpaired) electrons. The van der Waals surface area contributed by atoms with Crippen molar-refractivity contribution >= 4 is 17.5 Å². The first-order valence-corrected chi connectivity index (χ1v) is 8.87. The van der Waals surface area contributed by atoms with Gasteiger partial charge in [0.25, 0.3) is 5.91 Å². The van der Waals surface area contributed by atoms with Crippen LogP contribution in [0.1, 0.15) is 33.6 Å². The van der Waals surface area contributed by atoms with E-state index in [0.717, 1.165) is 5.56 Å². The third kappa shape index (κ3) is 5.04. The smallest absolute Gasteiger partial charge is 0.406 e. The van der Waals surface area contributed by atoms with Gasteiger partial charge in [0.1, 0.15) is 11.3 Å². The fourth-order valence-electron chi connectivity index (χ4n) is 2.88. The van der Waals surface area contributed by atoms with E-state index < -0.39 is 18.2 Å². The van der Waals surface area contributed by atoms with E-state index >= 15 is 0 Å².